The lowest BCUT2D eigenvalue weighted by Crippen LogP contribution is -1.98. The Labute approximate surface area is 95.7 Å². The Morgan fingerprint density at radius 3 is 2.40 bits per heavy atom. The summed E-state index contributed by atoms with van der Waals surface area (Å²) in [4.78, 5) is 11.0. The first-order chi connectivity index (χ1) is 7.24. The van der Waals surface area contributed by atoms with Crippen molar-refractivity contribution >= 4 is 32.7 Å². The molecule has 0 spiro atoms. The van der Waals surface area contributed by atoms with Crippen molar-refractivity contribution in [3.05, 3.63) is 47.5 Å². The van der Waals surface area contributed by atoms with Crippen LogP contribution in [0.15, 0.2) is 36.4 Å². The van der Waals surface area contributed by atoms with E-state index < -0.39 is 5.97 Å². The summed E-state index contributed by atoms with van der Waals surface area (Å²) in [6.45, 7) is 0. The lowest BCUT2D eigenvalue weighted by Gasteiger charge is -2.06. The Morgan fingerprint density at radius 2 is 1.80 bits per heavy atom. The van der Waals surface area contributed by atoms with Crippen molar-refractivity contribution in [1.29, 1.82) is 0 Å². The van der Waals surface area contributed by atoms with Gasteiger partial charge in [0.25, 0.3) is 0 Å². The van der Waals surface area contributed by atoms with Gasteiger partial charge in [-0.05, 0) is 22.4 Å². The van der Waals surface area contributed by atoms with Crippen LogP contribution >= 0.6 is 15.9 Å². The first-order valence-electron chi connectivity index (χ1n) is 4.54. The quantitative estimate of drug-likeness (QED) is 0.844. The molecule has 0 aliphatic heterocycles. The first-order valence-corrected chi connectivity index (χ1v) is 5.66. The SMILES string of the molecule is O=C(O)c1ccc(CBr)c2ccccc12. The zero-order valence-electron chi connectivity index (χ0n) is 7.90. The van der Waals surface area contributed by atoms with E-state index in [-0.39, 0.29) is 0 Å². The maximum atomic E-state index is 11.0. The molecule has 15 heavy (non-hydrogen) atoms. The number of alkyl halides is 1. The van der Waals surface area contributed by atoms with Crippen molar-refractivity contribution in [2.24, 2.45) is 0 Å². The van der Waals surface area contributed by atoms with E-state index in [0.29, 0.717) is 5.56 Å². The fraction of sp³-hybridized carbons (Fsp3) is 0.0833. The summed E-state index contributed by atoms with van der Waals surface area (Å²) in [6.07, 6.45) is 0. The molecule has 2 nitrogen and oxygen atoms in total. The van der Waals surface area contributed by atoms with Crippen molar-refractivity contribution in [3.8, 4) is 0 Å². The van der Waals surface area contributed by atoms with Crippen LogP contribution in [0.2, 0.25) is 0 Å². The third-order valence-corrected chi connectivity index (χ3v) is 2.99. The van der Waals surface area contributed by atoms with Gasteiger partial charge in [-0.15, -0.1) is 0 Å². The third kappa shape index (κ3) is 1.75. The van der Waals surface area contributed by atoms with E-state index in [9.17, 15) is 4.79 Å². The summed E-state index contributed by atoms with van der Waals surface area (Å²) in [6, 6.07) is 11.1. The summed E-state index contributed by atoms with van der Waals surface area (Å²) in [5.41, 5.74) is 1.46. The second-order valence-corrected chi connectivity index (χ2v) is 3.82. The van der Waals surface area contributed by atoms with Gasteiger partial charge in [0.15, 0.2) is 0 Å². The number of carboxylic acid groups (broad SMARTS) is 1. The molecule has 0 aliphatic carbocycles. The molecular formula is C12H9BrO2. The van der Waals surface area contributed by atoms with Crippen LogP contribution < -0.4 is 0 Å². The Bertz CT molecular complexity index is 520. The lowest BCUT2D eigenvalue weighted by molar-refractivity contribution is 0.0699. The number of halogens is 1. The van der Waals surface area contributed by atoms with Crippen LogP contribution in [0.5, 0.6) is 0 Å². The minimum Gasteiger partial charge on any atom is -0.478 e. The van der Waals surface area contributed by atoms with E-state index in [1.54, 1.807) is 6.07 Å². The Kier molecular flexibility index (Phi) is 2.73. The number of hydrogen-bond acceptors (Lipinski definition) is 1. The number of hydrogen-bond donors (Lipinski definition) is 1. The van der Waals surface area contributed by atoms with Crippen LogP contribution in [0, 0.1) is 0 Å². The van der Waals surface area contributed by atoms with E-state index in [2.05, 4.69) is 15.9 Å². The van der Waals surface area contributed by atoms with Gasteiger partial charge in [0.2, 0.25) is 0 Å². The monoisotopic (exact) mass is 264 g/mol. The van der Waals surface area contributed by atoms with Crippen LogP contribution in [-0.2, 0) is 5.33 Å². The highest BCUT2D eigenvalue weighted by molar-refractivity contribution is 9.08. The standard InChI is InChI=1S/C12H9BrO2/c13-7-8-5-6-11(12(14)15)10-4-2-1-3-9(8)10/h1-6H,7H2,(H,14,15). The van der Waals surface area contributed by atoms with Crippen LogP contribution in [0.3, 0.4) is 0 Å². The molecular weight excluding hydrogens is 256 g/mol. The summed E-state index contributed by atoms with van der Waals surface area (Å²) >= 11 is 3.39. The average molecular weight is 265 g/mol. The summed E-state index contributed by atoms with van der Waals surface area (Å²) < 4.78 is 0. The van der Waals surface area contributed by atoms with Crippen LogP contribution in [-0.4, -0.2) is 11.1 Å². The zero-order chi connectivity index (χ0) is 10.8. The van der Waals surface area contributed by atoms with E-state index >= 15 is 0 Å². The third-order valence-electron chi connectivity index (χ3n) is 2.39. The van der Waals surface area contributed by atoms with Crippen LogP contribution in [0.1, 0.15) is 15.9 Å². The number of carbonyl (C=O) groups is 1. The molecule has 2 rings (SSSR count). The molecule has 1 N–H and O–H groups in total. The van der Waals surface area contributed by atoms with Gasteiger partial charge in [0.1, 0.15) is 0 Å². The van der Waals surface area contributed by atoms with Gasteiger partial charge in [-0.1, -0.05) is 46.3 Å². The highest BCUT2D eigenvalue weighted by Gasteiger charge is 2.09. The molecule has 0 aliphatic rings. The zero-order valence-corrected chi connectivity index (χ0v) is 9.49. The Balaban J connectivity index is 2.83. The summed E-state index contributed by atoms with van der Waals surface area (Å²) in [5, 5.41) is 11.6. The summed E-state index contributed by atoms with van der Waals surface area (Å²) in [5.74, 6) is -0.882. The second-order valence-electron chi connectivity index (χ2n) is 3.26. The van der Waals surface area contributed by atoms with Crippen molar-refractivity contribution in [3.63, 3.8) is 0 Å². The van der Waals surface area contributed by atoms with Gasteiger partial charge in [-0.25, -0.2) is 4.79 Å². The molecule has 2 aromatic carbocycles. The highest BCUT2D eigenvalue weighted by Crippen LogP contribution is 2.24. The predicted octanol–water partition coefficient (Wildman–Crippen LogP) is 3.43. The fourth-order valence-electron chi connectivity index (χ4n) is 1.66. The van der Waals surface area contributed by atoms with Crippen molar-refractivity contribution in [2.75, 3.05) is 0 Å². The number of aromatic carboxylic acids is 1. The predicted molar refractivity (Wildman–Crippen MR) is 63.5 cm³/mol. The average Bonchev–Trinajstić information content (AvgIpc) is 2.27. The van der Waals surface area contributed by atoms with Crippen molar-refractivity contribution < 1.29 is 9.90 Å². The number of fused-ring (bicyclic) bond motifs is 1. The molecule has 76 valence electrons. The molecule has 2 aromatic rings. The summed E-state index contributed by atoms with van der Waals surface area (Å²) in [7, 11) is 0. The molecule has 0 saturated heterocycles. The van der Waals surface area contributed by atoms with E-state index in [4.69, 9.17) is 5.11 Å². The van der Waals surface area contributed by atoms with Gasteiger partial charge in [-0.2, -0.15) is 0 Å². The fourth-order valence-corrected chi connectivity index (χ4v) is 2.15. The van der Waals surface area contributed by atoms with Gasteiger partial charge >= 0.3 is 5.97 Å². The topological polar surface area (TPSA) is 37.3 Å². The van der Waals surface area contributed by atoms with Crippen molar-refractivity contribution in [1.82, 2.24) is 0 Å². The Hall–Kier alpha value is -1.35. The van der Waals surface area contributed by atoms with E-state index in [1.807, 2.05) is 30.3 Å². The minimum absolute atomic E-state index is 0.357. The molecule has 0 fully saturated rings. The largest absolute Gasteiger partial charge is 0.478 e. The normalized spacial score (nSPS) is 10.5. The highest BCUT2D eigenvalue weighted by atomic mass is 79.9. The smallest absolute Gasteiger partial charge is 0.336 e. The van der Waals surface area contributed by atoms with E-state index in [1.165, 1.54) is 0 Å². The van der Waals surface area contributed by atoms with Gasteiger partial charge in [0.05, 0.1) is 5.56 Å². The minimum atomic E-state index is -0.882. The molecule has 0 saturated carbocycles. The molecule has 0 amide bonds. The van der Waals surface area contributed by atoms with Gasteiger partial charge < -0.3 is 5.11 Å². The lowest BCUT2D eigenvalue weighted by atomic mass is 10.0. The molecule has 0 atom stereocenters. The second kappa shape index (κ2) is 4.03. The Morgan fingerprint density at radius 1 is 1.13 bits per heavy atom. The van der Waals surface area contributed by atoms with Crippen LogP contribution in [0.4, 0.5) is 0 Å². The maximum Gasteiger partial charge on any atom is 0.336 e. The molecule has 0 radical (unpaired) electrons. The van der Waals surface area contributed by atoms with Gasteiger partial charge in [-0.3, -0.25) is 0 Å². The van der Waals surface area contributed by atoms with Gasteiger partial charge in [0, 0.05) is 5.33 Å². The molecule has 0 unspecified atom stereocenters. The number of carboxylic acids is 1. The molecule has 0 heterocycles. The number of rotatable bonds is 2. The number of benzene rings is 2. The maximum absolute atomic E-state index is 11.0. The first kappa shape index (κ1) is 10.2. The molecule has 3 heteroatoms. The molecule has 0 bridgehead atoms. The van der Waals surface area contributed by atoms with Crippen LogP contribution in [0.25, 0.3) is 10.8 Å². The van der Waals surface area contributed by atoms with Crippen molar-refractivity contribution in [2.45, 2.75) is 5.33 Å². The van der Waals surface area contributed by atoms with E-state index in [0.717, 1.165) is 21.7 Å². The molecule has 0 aromatic heterocycles.